The first-order valence-corrected chi connectivity index (χ1v) is 2.26. The third-order valence-corrected chi connectivity index (χ3v) is 0.699. The van der Waals surface area contributed by atoms with E-state index in [4.69, 9.17) is 5.21 Å². The Balaban J connectivity index is 3.28. The zero-order chi connectivity index (χ0) is 6.53. The van der Waals surface area contributed by atoms with Gasteiger partial charge in [-0.25, -0.2) is 0 Å². The average molecular weight is 124 g/mol. The van der Waals surface area contributed by atoms with Crippen molar-refractivity contribution in [2.45, 2.75) is 0 Å². The van der Waals surface area contributed by atoms with E-state index in [0.717, 1.165) is 0 Å². The summed E-state index contributed by atoms with van der Waals surface area (Å²) in [6, 6.07) is 3.06. The summed E-state index contributed by atoms with van der Waals surface area (Å²) in [5, 5.41) is 21.0. The Hall–Kier alpha value is -1.52. The van der Waals surface area contributed by atoms with Gasteiger partial charge in [-0.3, -0.25) is 0 Å². The molecule has 0 bridgehead atoms. The summed E-state index contributed by atoms with van der Waals surface area (Å²) in [7, 11) is 0. The summed E-state index contributed by atoms with van der Waals surface area (Å²) in [6.45, 7) is 0. The highest BCUT2D eigenvalue weighted by Crippen LogP contribution is 1.61. The van der Waals surface area contributed by atoms with Crippen molar-refractivity contribution in [1.82, 2.24) is 15.4 Å². The molecule has 46 valence electrons. The molecule has 0 atom stereocenters. The third-order valence-electron chi connectivity index (χ3n) is 0.699. The molecular formula is C4H4N4O. The Morgan fingerprint density at radius 1 is 1.56 bits per heavy atom. The van der Waals surface area contributed by atoms with Crippen LogP contribution in [0.25, 0.3) is 0 Å². The van der Waals surface area contributed by atoms with E-state index >= 15 is 0 Å². The van der Waals surface area contributed by atoms with Crippen LogP contribution in [0.5, 0.6) is 0 Å². The van der Waals surface area contributed by atoms with Gasteiger partial charge in [0.15, 0.2) is 0 Å². The molecule has 5 nitrogen and oxygen atoms in total. The second-order valence-electron chi connectivity index (χ2n) is 1.27. The van der Waals surface area contributed by atoms with Crippen LogP contribution < -0.4 is 5.49 Å². The Morgan fingerprint density at radius 3 is 3.22 bits per heavy atom. The van der Waals surface area contributed by atoms with E-state index in [0.29, 0.717) is 0 Å². The fourth-order valence-corrected chi connectivity index (χ4v) is 0.356. The maximum absolute atomic E-state index is 8.14. The predicted octanol–water partition coefficient (Wildman–Crippen LogP) is -0.839. The number of hydrogen-bond acceptors (Lipinski definition) is 5. The number of nitrogens with zero attached hydrogens (tertiary/aromatic N) is 4. The van der Waals surface area contributed by atoms with Crippen LogP contribution in [0.2, 0.25) is 0 Å². The van der Waals surface area contributed by atoms with Crippen LogP contribution in [0.1, 0.15) is 0 Å². The molecule has 1 heterocycles. The van der Waals surface area contributed by atoms with Crippen molar-refractivity contribution in [3.05, 3.63) is 23.8 Å². The van der Waals surface area contributed by atoms with Gasteiger partial charge in [0.2, 0.25) is 5.49 Å². The fraction of sp³-hybridized carbons (Fsp3) is 0. The standard InChI is InChI=1S/C4H4N4O/c9-7-4-2-1-3-5-8-6-4/h1-3,9H. The van der Waals surface area contributed by atoms with Gasteiger partial charge in [0, 0.05) is 0 Å². The lowest BCUT2D eigenvalue weighted by Gasteiger charge is -1.65. The Kier molecular flexibility index (Phi) is 1.69. The van der Waals surface area contributed by atoms with Crippen molar-refractivity contribution in [1.29, 1.82) is 0 Å². The molecule has 1 aromatic heterocycles. The molecule has 0 saturated carbocycles. The number of aromatic nitrogens is 3. The first kappa shape index (κ1) is 5.61. The van der Waals surface area contributed by atoms with Crippen LogP contribution >= 0.6 is 0 Å². The zero-order valence-electron chi connectivity index (χ0n) is 4.47. The SMILES string of the molecule is ON=c1cccnnn1. The van der Waals surface area contributed by atoms with Crippen molar-refractivity contribution in [2.24, 2.45) is 5.16 Å². The molecule has 0 unspecified atom stereocenters. The quantitative estimate of drug-likeness (QED) is 0.361. The van der Waals surface area contributed by atoms with Crippen LogP contribution in [-0.4, -0.2) is 20.6 Å². The van der Waals surface area contributed by atoms with Gasteiger partial charge in [0.05, 0.1) is 6.20 Å². The van der Waals surface area contributed by atoms with Crippen LogP contribution in [-0.2, 0) is 0 Å². The highest BCUT2D eigenvalue weighted by molar-refractivity contribution is 4.78. The maximum atomic E-state index is 8.14. The molecule has 0 aliphatic heterocycles. The van der Waals surface area contributed by atoms with Crippen LogP contribution in [0.4, 0.5) is 0 Å². The minimum Gasteiger partial charge on any atom is -0.409 e. The van der Waals surface area contributed by atoms with Crippen LogP contribution in [0.15, 0.2) is 23.5 Å². The lowest BCUT2D eigenvalue weighted by atomic mass is 10.6. The molecule has 0 aliphatic carbocycles. The summed E-state index contributed by atoms with van der Waals surface area (Å²) >= 11 is 0. The third kappa shape index (κ3) is 1.45. The zero-order valence-corrected chi connectivity index (χ0v) is 4.47. The number of rotatable bonds is 0. The Bertz CT molecular complexity index is 226. The smallest absolute Gasteiger partial charge is 0.214 e. The van der Waals surface area contributed by atoms with Crippen molar-refractivity contribution in [3.63, 3.8) is 0 Å². The molecule has 0 aliphatic rings. The largest absolute Gasteiger partial charge is 0.409 e. The second-order valence-corrected chi connectivity index (χ2v) is 1.27. The fourth-order valence-electron chi connectivity index (χ4n) is 0.356. The molecule has 0 aromatic carbocycles. The predicted molar refractivity (Wildman–Crippen MR) is 27.2 cm³/mol. The van der Waals surface area contributed by atoms with E-state index in [9.17, 15) is 0 Å². The molecular weight excluding hydrogens is 120 g/mol. The molecule has 0 spiro atoms. The lowest BCUT2D eigenvalue weighted by molar-refractivity contribution is 0.297. The van der Waals surface area contributed by atoms with Gasteiger partial charge in [-0.05, 0) is 17.3 Å². The van der Waals surface area contributed by atoms with Gasteiger partial charge in [0.1, 0.15) is 0 Å². The molecule has 0 saturated heterocycles. The second kappa shape index (κ2) is 2.71. The van der Waals surface area contributed by atoms with Crippen molar-refractivity contribution in [2.75, 3.05) is 0 Å². The van der Waals surface area contributed by atoms with E-state index in [2.05, 4.69) is 20.6 Å². The summed E-state index contributed by atoms with van der Waals surface area (Å²) in [6.07, 6.45) is 1.45. The van der Waals surface area contributed by atoms with Gasteiger partial charge in [-0.1, -0.05) is 5.16 Å². The molecule has 1 rings (SSSR count). The minimum absolute atomic E-state index is 0.146. The summed E-state index contributed by atoms with van der Waals surface area (Å²) in [5.74, 6) is 0. The molecule has 1 N–H and O–H groups in total. The summed E-state index contributed by atoms with van der Waals surface area (Å²) in [4.78, 5) is 0. The Labute approximate surface area is 50.7 Å². The highest BCUT2D eigenvalue weighted by atomic mass is 16.4. The van der Waals surface area contributed by atoms with E-state index in [-0.39, 0.29) is 5.49 Å². The average Bonchev–Trinajstić information content (AvgIpc) is 2.13. The van der Waals surface area contributed by atoms with Crippen molar-refractivity contribution < 1.29 is 5.21 Å². The topological polar surface area (TPSA) is 71.3 Å². The van der Waals surface area contributed by atoms with Crippen LogP contribution in [0, 0.1) is 0 Å². The Morgan fingerprint density at radius 2 is 2.44 bits per heavy atom. The van der Waals surface area contributed by atoms with Crippen molar-refractivity contribution >= 4 is 0 Å². The summed E-state index contributed by atoms with van der Waals surface area (Å²) in [5.41, 5.74) is 0.146. The normalized spacial score (nSPS) is 11.3. The molecule has 9 heavy (non-hydrogen) atoms. The molecule has 0 amide bonds. The summed E-state index contributed by atoms with van der Waals surface area (Å²) < 4.78 is 0. The van der Waals surface area contributed by atoms with Gasteiger partial charge < -0.3 is 5.21 Å². The van der Waals surface area contributed by atoms with Gasteiger partial charge >= 0.3 is 0 Å². The van der Waals surface area contributed by atoms with Gasteiger partial charge in [-0.2, -0.15) is 0 Å². The molecule has 5 heteroatoms. The van der Waals surface area contributed by atoms with Gasteiger partial charge in [-0.15, -0.1) is 10.2 Å². The first-order valence-electron chi connectivity index (χ1n) is 2.26. The van der Waals surface area contributed by atoms with Crippen LogP contribution in [0.3, 0.4) is 0 Å². The lowest BCUT2D eigenvalue weighted by Crippen LogP contribution is -2.03. The van der Waals surface area contributed by atoms with E-state index in [1.165, 1.54) is 12.3 Å². The van der Waals surface area contributed by atoms with E-state index in [1.807, 2.05) is 0 Å². The monoisotopic (exact) mass is 124 g/mol. The highest BCUT2D eigenvalue weighted by Gasteiger charge is 1.74. The minimum atomic E-state index is 0.146. The molecule has 0 radical (unpaired) electrons. The van der Waals surface area contributed by atoms with E-state index in [1.54, 1.807) is 6.07 Å². The first-order chi connectivity index (χ1) is 4.43. The molecule has 1 aromatic rings. The van der Waals surface area contributed by atoms with Crippen molar-refractivity contribution in [3.8, 4) is 0 Å². The molecule has 0 fully saturated rings. The van der Waals surface area contributed by atoms with E-state index < -0.39 is 0 Å². The maximum Gasteiger partial charge on any atom is 0.214 e. The number of hydrogen-bond donors (Lipinski definition) is 1. The van der Waals surface area contributed by atoms with Gasteiger partial charge in [0.25, 0.3) is 0 Å².